The molecule has 0 aliphatic carbocycles. The summed E-state index contributed by atoms with van der Waals surface area (Å²) in [6.45, 7) is 1.60. The maximum absolute atomic E-state index is 11.3. The van der Waals surface area contributed by atoms with Crippen LogP contribution in [0.2, 0.25) is 0 Å². The molecule has 0 aliphatic heterocycles. The van der Waals surface area contributed by atoms with E-state index in [1.54, 1.807) is 13.0 Å². The Morgan fingerprint density at radius 3 is 2.59 bits per heavy atom. The number of carbonyl (C=O) groups is 2. The molecule has 6 heteroatoms. The number of ketones is 1. The van der Waals surface area contributed by atoms with E-state index in [1.807, 2.05) is 0 Å². The number of methoxy groups -OCH3 is 1. The molecule has 0 aliphatic rings. The van der Waals surface area contributed by atoms with Crippen LogP contribution in [0.1, 0.15) is 11.1 Å². The van der Waals surface area contributed by atoms with Gasteiger partial charge in [-0.1, -0.05) is 12.1 Å². The lowest BCUT2D eigenvalue weighted by molar-refractivity contribution is -0.385. The van der Waals surface area contributed by atoms with Crippen molar-refractivity contribution in [3.8, 4) is 0 Å². The Labute approximate surface area is 97.3 Å². The molecule has 0 unspecified atom stereocenters. The summed E-state index contributed by atoms with van der Waals surface area (Å²) in [5.41, 5.74) is 0.849. The van der Waals surface area contributed by atoms with Crippen molar-refractivity contribution in [2.75, 3.05) is 7.11 Å². The topological polar surface area (TPSA) is 86.5 Å². The van der Waals surface area contributed by atoms with Crippen LogP contribution < -0.4 is 0 Å². The number of Topliss-reactive ketones (excluding diaryl/α,β-unsaturated/α-hetero) is 1. The second-order valence-electron chi connectivity index (χ2n) is 3.47. The lowest BCUT2D eigenvalue weighted by atomic mass is 10.1. The zero-order chi connectivity index (χ0) is 13.0. The number of aryl methyl sites for hydroxylation is 1. The van der Waals surface area contributed by atoms with Crippen LogP contribution in [0.25, 0.3) is 0 Å². The van der Waals surface area contributed by atoms with Gasteiger partial charge in [0.15, 0.2) is 0 Å². The predicted molar refractivity (Wildman–Crippen MR) is 58.6 cm³/mol. The van der Waals surface area contributed by atoms with Crippen molar-refractivity contribution in [3.63, 3.8) is 0 Å². The van der Waals surface area contributed by atoms with Crippen LogP contribution >= 0.6 is 0 Å². The SMILES string of the molecule is COC(=O)C(=O)Cc1ccc(C)c([N+](=O)[O-])c1. The maximum Gasteiger partial charge on any atom is 0.374 e. The molecule has 0 atom stereocenters. The van der Waals surface area contributed by atoms with Gasteiger partial charge in [-0.15, -0.1) is 0 Å². The fourth-order valence-electron chi connectivity index (χ4n) is 1.33. The van der Waals surface area contributed by atoms with Gasteiger partial charge in [0.05, 0.1) is 12.0 Å². The highest BCUT2D eigenvalue weighted by Gasteiger charge is 2.17. The highest BCUT2D eigenvalue weighted by atomic mass is 16.6. The quantitative estimate of drug-likeness (QED) is 0.339. The van der Waals surface area contributed by atoms with Crippen molar-refractivity contribution in [1.82, 2.24) is 0 Å². The highest BCUT2D eigenvalue weighted by Crippen LogP contribution is 2.19. The minimum Gasteiger partial charge on any atom is -0.463 e. The van der Waals surface area contributed by atoms with E-state index in [1.165, 1.54) is 12.1 Å². The van der Waals surface area contributed by atoms with Gasteiger partial charge in [0.1, 0.15) is 0 Å². The zero-order valence-corrected chi connectivity index (χ0v) is 9.43. The molecule has 1 aromatic carbocycles. The highest BCUT2D eigenvalue weighted by molar-refractivity contribution is 6.34. The zero-order valence-electron chi connectivity index (χ0n) is 9.43. The smallest absolute Gasteiger partial charge is 0.374 e. The van der Waals surface area contributed by atoms with Gasteiger partial charge < -0.3 is 4.74 Å². The molecule has 0 radical (unpaired) electrons. The third-order valence-corrected chi connectivity index (χ3v) is 2.25. The van der Waals surface area contributed by atoms with E-state index < -0.39 is 16.7 Å². The van der Waals surface area contributed by atoms with Crippen molar-refractivity contribution in [1.29, 1.82) is 0 Å². The van der Waals surface area contributed by atoms with Crippen molar-refractivity contribution < 1.29 is 19.2 Å². The van der Waals surface area contributed by atoms with E-state index in [9.17, 15) is 19.7 Å². The average molecular weight is 237 g/mol. The lowest BCUT2D eigenvalue weighted by Crippen LogP contribution is -2.17. The number of nitrogens with zero attached hydrogens (tertiary/aromatic N) is 1. The first-order chi connectivity index (χ1) is 7.95. The Hall–Kier alpha value is -2.24. The number of benzene rings is 1. The number of nitro benzene ring substituents is 1. The summed E-state index contributed by atoms with van der Waals surface area (Å²) < 4.78 is 4.26. The molecule has 0 aromatic heterocycles. The third-order valence-electron chi connectivity index (χ3n) is 2.25. The van der Waals surface area contributed by atoms with Crippen molar-refractivity contribution in [2.24, 2.45) is 0 Å². The molecule has 0 saturated carbocycles. The number of rotatable bonds is 4. The molecule has 90 valence electrons. The standard InChI is InChI=1S/C11H11NO5/c1-7-3-4-8(5-9(7)12(15)16)6-10(13)11(14)17-2/h3-5H,6H2,1-2H3. The molecule has 0 fully saturated rings. The molecular weight excluding hydrogens is 226 g/mol. The molecule has 0 N–H and O–H groups in total. The number of hydrogen-bond acceptors (Lipinski definition) is 5. The molecule has 6 nitrogen and oxygen atoms in total. The largest absolute Gasteiger partial charge is 0.463 e. The fraction of sp³-hybridized carbons (Fsp3) is 0.273. The van der Waals surface area contributed by atoms with E-state index in [2.05, 4.69) is 4.74 Å². The van der Waals surface area contributed by atoms with Crippen molar-refractivity contribution in [3.05, 3.63) is 39.4 Å². The summed E-state index contributed by atoms with van der Waals surface area (Å²) in [5, 5.41) is 10.7. The van der Waals surface area contributed by atoms with Gasteiger partial charge >= 0.3 is 5.97 Å². The molecule has 0 heterocycles. The normalized spacial score (nSPS) is 9.76. The minimum absolute atomic E-state index is 0.0693. The monoisotopic (exact) mass is 237 g/mol. The Kier molecular flexibility index (Phi) is 3.92. The number of carbonyl (C=O) groups excluding carboxylic acids is 2. The first kappa shape index (κ1) is 12.8. The number of hydrogen-bond donors (Lipinski definition) is 0. The lowest BCUT2D eigenvalue weighted by Gasteiger charge is -2.02. The van der Waals surface area contributed by atoms with Crippen LogP contribution in [0, 0.1) is 17.0 Å². The Bertz CT molecular complexity index is 481. The van der Waals surface area contributed by atoms with Gasteiger partial charge in [0, 0.05) is 18.1 Å². The molecule has 0 saturated heterocycles. The van der Waals surface area contributed by atoms with Gasteiger partial charge in [0.2, 0.25) is 5.78 Å². The van der Waals surface area contributed by atoms with Crippen LogP contribution in [0.15, 0.2) is 18.2 Å². The van der Waals surface area contributed by atoms with Gasteiger partial charge in [-0.25, -0.2) is 4.79 Å². The van der Waals surface area contributed by atoms with E-state index >= 15 is 0 Å². The summed E-state index contributed by atoms with van der Waals surface area (Å²) in [7, 11) is 1.11. The molecule has 1 rings (SSSR count). The predicted octanol–water partition coefficient (Wildman–Crippen LogP) is 1.19. The van der Waals surface area contributed by atoms with Crippen LogP contribution in [-0.2, 0) is 20.7 Å². The van der Waals surface area contributed by atoms with Crippen LogP contribution in [0.5, 0.6) is 0 Å². The van der Waals surface area contributed by atoms with E-state index in [0.717, 1.165) is 7.11 Å². The Morgan fingerprint density at radius 1 is 1.41 bits per heavy atom. The molecular formula is C11H11NO5. The van der Waals surface area contributed by atoms with Crippen molar-refractivity contribution >= 4 is 17.4 Å². The van der Waals surface area contributed by atoms with Crippen LogP contribution in [0.3, 0.4) is 0 Å². The van der Waals surface area contributed by atoms with Crippen molar-refractivity contribution in [2.45, 2.75) is 13.3 Å². The van der Waals surface area contributed by atoms with E-state index in [0.29, 0.717) is 11.1 Å². The van der Waals surface area contributed by atoms with Crippen LogP contribution in [0.4, 0.5) is 5.69 Å². The second kappa shape index (κ2) is 5.20. The number of ether oxygens (including phenoxy) is 1. The Morgan fingerprint density at radius 2 is 2.06 bits per heavy atom. The molecule has 1 aromatic rings. The molecule has 0 amide bonds. The third kappa shape index (κ3) is 3.10. The summed E-state index contributed by atoms with van der Waals surface area (Å²) >= 11 is 0. The van der Waals surface area contributed by atoms with Gasteiger partial charge in [-0.2, -0.15) is 0 Å². The molecule has 0 bridgehead atoms. The maximum atomic E-state index is 11.3. The number of nitro groups is 1. The number of esters is 1. The van der Waals surface area contributed by atoms with Gasteiger partial charge in [-0.3, -0.25) is 14.9 Å². The average Bonchev–Trinajstić information content (AvgIpc) is 2.30. The van der Waals surface area contributed by atoms with Gasteiger partial charge in [-0.05, 0) is 12.5 Å². The molecule has 0 spiro atoms. The van der Waals surface area contributed by atoms with Crippen LogP contribution in [-0.4, -0.2) is 23.8 Å². The second-order valence-corrected chi connectivity index (χ2v) is 3.47. The summed E-state index contributed by atoms with van der Waals surface area (Å²) in [5.74, 6) is -1.68. The molecule has 17 heavy (non-hydrogen) atoms. The summed E-state index contributed by atoms with van der Waals surface area (Å²) in [4.78, 5) is 32.3. The summed E-state index contributed by atoms with van der Waals surface area (Å²) in [6, 6.07) is 4.40. The Balaban J connectivity index is 2.94. The first-order valence-corrected chi connectivity index (χ1v) is 4.80. The van der Waals surface area contributed by atoms with Gasteiger partial charge in [0.25, 0.3) is 5.69 Å². The van der Waals surface area contributed by atoms with E-state index in [4.69, 9.17) is 0 Å². The minimum atomic E-state index is -0.951. The first-order valence-electron chi connectivity index (χ1n) is 4.80. The fourth-order valence-corrected chi connectivity index (χ4v) is 1.33. The summed E-state index contributed by atoms with van der Waals surface area (Å²) in [6.07, 6.45) is -0.201. The van der Waals surface area contributed by atoms with E-state index in [-0.39, 0.29) is 12.1 Å².